The largest absolute Gasteiger partial charge is 0.373 e. The number of benzene rings is 1. The van der Waals surface area contributed by atoms with Gasteiger partial charge in [-0.25, -0.2) is 0 Å². The normalized spacial score (nSPS) is 20.7. The number of nitrogens with one attached hydrogen (secondary N) is 1. The number of aryl methyl sites for hydroxylation is 1. The summed E-state index contributed by atoms with van der Waals surface area (Å²) in [5.41, 5.74) is 3.53. The zero-order chi connectivity index (χ0) is 19.7. The molecule has 0 amide bonds. The van der Waals surface area contributed by atoms with Crippen molar-refractivity contribution in [1.29, 1.82) is 0 Å². The molecule has 1 N–H and O–H groups in total. The molecule has 1 aliphatic heterocycles. The number of fused-ring (bicyclic) bond motifs is 1. The molecule has 6 nitrogen and oxygen atoms in total. The number of Topliss-reactive ketones (excluding diaryl/α,β-unsaturated/α-hetero) is 1. The van der Waals surface area contributed by atoms with Crippen LogP contribution in [0, 0.1) is 0 Å². The summed E-state index contributed by atoms with van der Waals surface area (Å²) in [6, 6.07) is 12.2. The summed E-state index contributed by atoms with van der Waals surface area (Å²) in [4.78, 5) is 18.5. The molecule has 28 heavy (non-hydrogen) atoms. The number of carbonyl (C=O) groups is 1. The Hall–Kier alpha value is -2.44. The maximum absolute atomic E-state index is 12.7. The number of aromatic amines is 1. The van der Waals surface area contributed by atoms with Crippen molar-refractivity contribution < 1.29 is 9.53 Å². The second-order valence-electron chi connectivity index (χ2n) is 7.85. The minimum absolute atomic E-state index is 0.104. The third-order valence-corrected chi connectivity index (χ3v) is 5.34. The molecule has 0 aliphatic carbocycles. The van der Waals surface area contributed by atoms with Crippen LogP contribution in [0.1, 0.15) is 37.2 Å². The third-order valence-electron chi connectivity index (χ3n) is 5.34. The van der Waals surface area contributed by atoms with Gasteiger partial charge in [0.2, 0.25) is 0 Å². The van der Waals surface area contributed by atoms with Crippen LogP contribution in [0.5, 0.6) is 0 Å². The van der Waals surface area contributed by atoms with Crippen molar-refractivity contribution in [2.75, 3.05) is 19.6 Å². The molecule has 0 spiro atoms. The van der Waals surface area contributed by atoms with E-state index < -0.39 is 0 Å². The summed E-state index contributed by atoms with van der Waals surface area (Å²) in [6.45, 7) is 7.01. The number of hydrogen-bond acceptors (Lipinski definition) is 4. The number of para-hydroxylation sites is 1. The number of ketones is 1. The van der Waals surface area contributed by atoms with Crippen molar-refractivity contribution in [2.45, 2.75) is 38.9 Å². The fraction of sp³-hybridized carbons (Fsp3) is 0.455. The molecule has 1 saturated heterocycles. The van der Waals surface area contributed by atoms with E-state index in [1.54, 1.807) is 4.68 Å². The molecular formula is C22H28N4O2. The molecule has 3 heterocycles. The van der Waals surface area contributed by atoms with Gasteiger partial charge in [0.25, 0.3) is 0 Å². The van der Waals surface area contributed by atoms with Gasteiger partial charge in [-0.15, -0.1) is 0 Å². The summed E-state index contributed by atoms with van der Waals surface area (Å²) in [5.74, 6) is 0.104. The lowest BCUT2D eigenvalue weighted by atomic mass is 10.1. The van der Waals surface area contributed by atoms with Gasteiger partial charge in [-0.3, -0.25) is 14.4 Å². The molecule has 1 fully saturated rings. The number of nitrogens with zero attached hydrogens (tertiary/aromatic N) is 3. The Balaban J connectivity index is 1.39. The van der Waals surface area contributed by atoms with Crippen LogP contribution in [0.2, 0.25) is 0 Å². The van der Waals surface area contributed by atoms with E-state index in [2.05, 4.69) is 47.0 Å². The smallest absolute Gasteiger partial charge is 0.183 e. The summed E-state index contributed by atoms with van der Waals surface area (Å²) in [5, 5.41) is 5.61. The molecule has 2 unspecified atom stereocenters. The van der Waals surface area contributed by atoms with Crippen LogP contribution in [0.4, 0.5) is 0 Å². The van der Waals surface area contributed by atoms with Gasteiger partial charge in [-0.2, -0.15) is 5.10 Å². The van der Waals surface area contributed by atoms with E-state index in [1.165, 1.54) is 0 Å². The lowest BCUT2D eigenvalue weighted by molar-refractivity contribution is -0.0680. The minimum atomic E-state index is 0.104. The van der Waals surface area contributed by atoms with Crippen molar-refractivity contribution in [3.05, 3.63) is 42.1 Å². The Labute approximate surface area is 165 Å². The number of rotatable bonds is 6. The molecule has 148 valence electrons. The first kappa shape index (κ1) is 18.9. The van der Waals surface area contributed by atoms with E-state index in [0.29, 0.717) is 12.1 Å². The second-order valence-corrected chi connectivity index (χ2v) is 7.85. The van der Waals surface area contributed by atoms with E-state index in [9.17, 15) is 4.79 Å². The molecule has 0 bridgehead atoms. The van der Waals surface area contributed by atoms with Gasteiger partial charge in [0, 0.05) is 37.5 Å². The third kappa shape index (κ3) is 4.03. The fourth-order valence-electron chi connectivity index (χ4n) is 4.13. The van der Waals surface area contributed by atoms with E-state index in [4.69, 9.17) is 4.74 Å². The Kier molecular flexibility index (Phi) is 5.33. The van der Waals surface area contributed by atoms with Crippen LogP contribution < -0.4 is 0 Å². The molecule has 0 saturated carbocycles. The van der Waals surface area contributed by atoms with Crippen molar-refractivity contribution in [2.24, 2.45) is 7.05 Å². The maximum atomic E-state index is 12.7. The van der Waals surface area contributed by atoms with Crippen LogP contribution in [-0.4, -0.2) is 57.3 Å². The quantitative estimate of drug-likeness (QED) is 0.663. The van der Waals surface area contributed by atoms with Crippen molar-refractivity contribution in [3.63, 3.8) is 0 Å². The Bertz CT molecular complexity index is 931. The number of H-pyrrole nitrogens is 1. The summed E-state index contributed by atoms with van der Waals surface area (Å²) in [7, 11) is 1.88. The predicted octanol–water partition coefficient (Wildman–Crippen LogP) is 3.64. The van der Waals surface area contributed by atoms with Crippen LogP contribution in [0.15, 0.2) is 36.4 Å². The van der Waals surface area contributed by atoms with E-state index in [-0.39, 0.29) is 18.0 Å². The molecule has 1 aliphatic rings. The molecule has 0 radical (unpaired) electrons. The van der Waals surface area contributed by atoms with Crippen molar-refractivity contribution >= 4 is 16.7 Å². The van der Waals surface area contributed by atoms with E-state index >= 15 is 0 Å². The van der Waals surface area contributed by atoms with Gasteiger partial charge in [0.15, 0.2) is 5.78 Å². The molecule has 2 atom stereocenters. The van der Waals surface area contributed by atoms with Gasteiger partial charge in [-0.1, -0.05) is 18.2 Å². The van der Waals surface area contributed by atoms with Gasteiger partial charge < -0.3 is 9.72 Å². The summed E-state index contributed by atoms with van der Waals surface area (Å²) in [6.07, 6.45) is 1.88. The maximum Gasteiger partial charge on any atom is 0.183 e. The molecule has 1 aromatic carbocycles. The number of carbonyl (C=O) groups excluding carboxylic acids is 1. The first-order valence-corrected chi connectivity index (χ1v) is 10.0. The minimum Gasteiger partial charge on any atom is -0.373 e. The zero-order valence-corrected chi connectivity index (χ0v) is 16.8. The molecule has 2 aromatic heterocycles. The summed E-state index contributed by atoms with van der Waals surface area (Å²) >= 11 is 0. The highest BCUT2D eigenvalue weighted by Gasteiger charge is 2.22. The van der Waals surface area contributed by atoms with Crippen LogP contribution in [0.3, 0.4) is 0 Å². The van der Waals surface area contributed by atoms with Crippen LogP contribution in [0.25, 0.3) is 22.3 Å². The zero-order valence-electron chi connectivity index (χ0n) is 16.8. The number of ether oxygens (including phenoxy) is 1. The highest BCUT2D eigenvalue weighted by Crippen LogP contribution is 2.24. The Morgan fingerprint density at radius 1 is 1.21 bits per heavy atom. The molecule has 4 rings (SSSR count). The first-order valence-electron chi connectivity index (χ1n) is 10.0. The SMILES string of the molecule is CC1CN(CCCC(=O)c2cc(-c3cc4ccccc4[nH]3)n(C)n2)CC(C)O1. The van der Waals surface area contributed by atoms with Gasteiger partial charge in [-0.05, 0) is 45.0 Å². The lowest BCUT2D eigenvalue weighted by Crippen LogP contribution is -2.45. The molecular weight excluding hydrogens is 352 g/mol. The topological polar surface area (TPSA) is 63.2 Å². The number of aromatic nitrogens is 3. The first-order chi connectivity index (χ1) is 13.5. The van der Waals surface area contributed by atoms with E-state index in [0.717, 1.165) is 48.3 Å². The monoisotopic (exact) mass is 380 g/mol. The number of morpholine rings is 1. The highest BCUT2D eigenvalue weighted by molar-refractivity contribution is 5.95. The Morgan fingerprint density at radius 3 is 2.71 bits per heavy atom. The molecule has 3 aromatic rings. The van der Waals surface area contributed by atoms with Gasteiger partial charge in [0.05, 0.1) is 23.6 Å². The standard InChI is InChI=1S/C22H28N4O2/c1-15-13-26(14-16(2)28-15)10-6-9-22(27)20-12-21(25(3)24-20)19-11-17-7-4-5-8-18(17)23-19/h4-5,7-8,11-12,15-16,23H,6,9-10,13-14H2,1-3H3. The summed E-state index contributed by atoms with van der Waals surface area (Å²) < 4.78 is 7.55. The molecule has 6 heteroatoms. The van der Waals surface area contributed by atoms with Gasteiger partial charge in [0.1, 0.15) is 5.69 Å². The van der Waals surface area contributed by atoms with Crippen molar-refractivity contribution in [1.82, 2.24) is 19.7 Å². The fourth-order valence-corrected chi connectivity index (χ4v) is 4.13. The van der Waals surface area contributed by atoms with E-state index in [1.807, 2.05) is 25.2 Å². The second kappa shape index (κ2) is 7.89. The van der Waals surface area contributed by atoms with Crippen LogP contribution in [-0.2, 0) is 11.8 Å². The lowest BCUT2D eigenvalue weighted by Gasteiger charge is -2.35. The highest BCUT2D eigenvalue weighted by atomic mass is 16.5. The average Bonchev–Trinajstić information content (AvgIpc) is 3.24. The van der Waals surface area contributed by atoms with Gasteiger partial charge >= 0.3 is 0 Å². The average molecular weight is 380 g/mol. The number of hydrogen-bond donors (Lipinski definition) is 1. The van der Waals surface area contributed by atoms with Crippen LogP contribution >= 0.6 is 0 Å². The Morgan fingerprint density at radius 2 is 1.96 bits per heavy atom. The van der Waals surface area contributed by atoms with Crippen molar-refractivity contribution in [3.8, 4) is 11.4 Å². The predicted molar refractivity (Wildman–Crippen MR) is 111 cm³/mol.